The Hall–Kier alpha value is -2.22. The van der Waals surface area contributed by atoms with Crippen molar-refractivity contribution < 1.29 is 9.85 Å². The number of non-ortho nitro benzene ring substituents is 1. The van der Waals surface area contributed by atoms with Crippen LogP contribution in [-0.4, -0.2) is 35.5 Å². The molecule has 1 aromatic rings. The summed E-state index contributed by atoms with van der Waals surface area (Å²) in [6.45, 7) is 4.27. The normalized spacial score (nSPS) is 18.2. The molecule has 1 N–H and O–H groups in total. The number of rotatable bonds is 5. The molecule has 1 aliphatic heterocycles. The van der Waals surface area contributed by atoms with Crippen molar-refractivity contribution in [3.63, 3.8) is 0 Å². The topological polar surface area (TPSA) is 102 Å². The minimum Gasteiger partial charge on any atom is -0.362 e. The van der Waals surface area contributed by atoms with E-state index in [1.165, 1.54) is 12.1 Å². The molecule has 0 amide bonds. The second-order valence-corrected chi connectivity index (χ2v) is 4.97. The molecule has 8 nitrogen and oxygen atoms in total. The Balaban J connectivity index is 2.39. The molecule has 1 aromatic carbocycles. The van der Waals surface area contributed by atoms with E-state index in [-0.39, 0.29) is 17.4 Å². The minimum absolute atomic E-state index is 0.170. The summed E-state index contributed by atoms with van der Waals surface area (Å²) >= 11 is 0. The van der Waals surface area contributed by atoms with Gasteiger partial charge in [-0.2, -0.15) is 0 Å². The van der Waals surface area contributed by atoms with Crippen molar-refractivity contribution in [2.45, 2.75) is 25.8 Å². The van der Waals surface area contributed by atoms with E-state index in [0.717, 1.165) is 32.0 Å². The van der Waals surface area contributed by atoms with Crippen LogP contribution in [0.2, 0.25) is 0 Å². The lowest BCUT2D eigenvalue weighted by Crippen LogP contribution is -2.46. The van der Waals surface area contributed by atoms with Crippen LogP contribution in [0.3, 0.4) is 0 Å². The quantitative estimate of drug-likeness (QED) is 0.659. The standard InChI is InChI=1S/C13H18N4O4/c1-2-15(11-4-3-7-14-9-11)12-6-5-10(16(18)19)8-13(12)17(20)21/h5-6,8,11,14H,2-4,7,9H2,1H3. The summed E-state index contributed by atoms with van der Waals surface area (Å²) < 4.78 is 0. The molecule has 0 aromatic heterocycles. The molecule has 1 atom stereocenters. The van der Waals surface area contributed by atoms with Crippen LogP contribution in [0.15, 0.2) is 18.2 Å². The Morgan fingerprint density at radius 1 is 1.33 bits per heavy atom. The fraction of sp³-hybridized carbons (Fsp3) is 0.538. The average molecular weight is 294 g/mol. The van der Waals surface area contributed by atoms with E-state index in [0.29, 0.717) is 12.2 Å². The van der Waals surface area contributed by atoms with Crippen LogP contribution in [0.4, 0.5) is 17.1 Å². The number of nitrogens with zero attached hydrogens (tertiary/aromatic N) is 3. The van der Waals surface area contributed by atoms with Crippen molar-refractivity contribution in [2.75, 3.05) is 24.5 Å². The van der Waals surface area contributed by atoms with Gasteiger partial charge in [0.2, 0.25) is 0 Å². The lowest BCUT2D eigenvalue weighted by Gasteiger charge is -2.35. The van der Waals surface area contributed by atoms with Crippen LogP contribution in [0.1, 0.15) is 19.8 Å². The first-order chi connectivity index (χ1) is 10.0. The van der Waals surface area contributed by atoms with E-state index in [4.69, 9.17) is 0 Å². The molecule has 1 aliphatic rings. The summed E-state index contributed by atoms with van der Waals surface area (Å²) in [5.74, 6) is 0. The lowest BCUT2D eigenvalue weighted by atomic mass is 10.0. The second kappa shape index (κ2) is 6.49. The zero-order valence-corrected chi connectivity index (χ0v) is 11.8. The van der Waals surface area contributed by atoms with Gasteiger partial charge >= 0.3 is 0 Å². The van der Waals surface area contributed by atoms with E-state index in [9.17, 15) is 20.2 Å². The van der Waals surface area contributed by atoms with Gasteiger partial charge < -0.3 is 10.2 Å². The maximum Gasteiger partial charge on any atom is 0.299 e. The third-order valence-corrected chi connectivity index (χ3v) is 3.73. The SMILES string of the molecule is CCN(c1ccc([N+](=O)[O-])cc1[N+](=O)[O-])C1CCCNC1. The van der Waals surface area contributed by atoms with Crippen molar-refractivity contribution in [3.8, 4) is 0 Å². The van der Waals surface area contributed by atoms with Crippen molar-refractivity contribution >= 4 is 17.1 Å². The number of anilines is 1. The molecule has 1 heterocycles. The fourth-order valence-electron chi connectivity index (χ4n) is 2.74. The van der Waals surface area contributed by atoms with Crippen molar-refractivity contribution in [1.29, 1.82) is 0 Å². The summed E-state index contributed by atoms with van der Waals surface area (Å²) in [6, 6.07) is 4.01. The Labute approximate surface area is 122 Å². The van der Waals surface area contributed by atoms with Crippen molar-refractivity contribution in [3.05, 3.63) is 38.4 Å². The number of hydrogen-bond donors (Lipinski definition) is 1. The predicted molar refractivity (Wildman–Crippen MR) is 78.7 cm³/mol. The average Bonchev–Trinajstić information content (AvgIpc) is 2.49. The maximum absolute atomic E-state index is 11.2. The first kappa shape index (κ1) is 15.2. The molecule has 1 fully saturated rings. The summed E-state index contributed by atoms with van der Waals surface area (Å²) in [7, 11) is 0. The zero-order valence-electron chi connectivity index (χ0n) is 11.8. The first-order valence-corrected chi connectivity index (χ1v) is 6.94. The fourth-order valence-corrected chi connectivity index (χ4v) is 2.74. The Morgan fingerprint density at radius 2 is 2.10 bits per heavy atom. The predicted octanol–water partition coefficient (Wildman–Crippen LogP) is 2.08. The molecule has 21 heavy (non-hydrogen) atoms. The molecule has 0 spiro atoms. The number of nitro groups is 2. The van der Waals surface area contributed by atoms with Crippen LogP contribution >= 0.6 is 0 Å². The van der Waals surface area contributed by atoms with Crippen LogP contribution in [0.25, 0.3) is 0 Å². The molecule has 2 rings (SSSR count). The molecule has 0 saturated carbocycles. The summed E-state index contributed by atoms with van der Waals surface area (Å²) in [5, 5.41) is 25.3. The Morgan fingerprint density at radius 3 is 2.62 bits per heavy atom. The molecule has 114 valence electrons. The molecular weight excluding hydrogens is 276 g/mol. The van der Waals surface area contributed by atoms with E-state index >= 15 is 0 Å². The van der Waals surface area contributed by atoms with Crippen LogP contribution in [-0.2, 0) is 0 Å². The zero-order chi connectivity index (χ0) is 15.4. The molecule has 1 unspecified atom stereocenters. The van der Waals surface area contributed by atoms with Gasteiger partial charge in [-0.3, -0.25) is 20.2 Å². The smallest absolute Gasteiger partial charge is 0.299 e. The van der Waals surface area contributed by atoms with Gasteiger partial charge in [-0.15, -0.1) is 0 Å². The number of likely N-dealkylation sites (N-methyl/N-ethyl adjacent to an activating group) is 1. The number of benzene rings is 1. The molecule has 8 heteroatoms. The van der Waals surface area contributed by atoms with Crippen molar-refractivity contribution in [1.82, 2.24) is 5.32 Å². The first-order valence-electron chi connectivity index (χ1n) is 6.94. The highest BCUT2D eigenvalue weighted by molar-refractivity contribution is 5.67. The molecular formula is C13H18N4O4. The van der Waals surface area contributed by atoms with Crippen LogP contribution in [0.5, 0.6) is 0 Å². The van der Waals surface area contributed by atoms with E-state index in [1.807, 2.05) is 11.8 Å². The van der Waals surface area contributed by atoms with Crippen molar-refractivity contribution in [2.24, 2.45) is 0 Å². The van der Waals surface area contributed by atoms with Gasteiger partial charge in [0.15, 0.2) is 0 Å². The van der Waals surface area contributed by atoms with E-state index in [2.05, 4.69) is 5.32 Å². The van der Waals surface area contributed by atoms with Gasteiger partial charge in [0, 0.05) is 25.2 Å². The van der Waals surface area contributed by atoms with Gasteiger partial charge in [-0.05, 0) is 32.4 Å². The lowest BCUT2D eigenvalue weighted by molar-refractivity contribution is -0.393. The Kier molecular flexibility index (Phi) is 4.69. The maximum atomic E-state index is 11.2. The highest BCUT2D eigenvalue weighted by Gasteiger charge is 2.27. The highest BCUT2D eigenvalue weighted by atomic mass is 16.6. The molecule has 0 aliphatic carbocycles. The van der Waals surface area contributed by atoms with Gasteiger partial charge in [0.25, 0.3) is 11.4 Å². The van der Waals surface area contributed by atoms with Gasteiger partial charge in [-0.1, -0.05) is 0 Å². The summed E-state index contributed by atoms with van der Waals surface area (Å²) in [6.07, 6.45) is 1.97. The molecule has 0 radical (unpaired) electrons. The third kappa shape index (κ3) is 3.27. The minimum atomic E-state index is -0.616. The number of nitro benzene ring substituents is 2. The third-order valence-electron chi connectivity index (χ3n) is 3.73. The monoisotopic (exact) mass is 294 g/mol. The van der Waals surface area contributed by atoms with Gasteiger partial charge in [0.05, 0.1) is 15.9 Å². The largest absolute Gasteiger partial charge is 0.362 e. The van der Waals surface area contributed by atoms with E-state index in [1.54, 1.807) is 0 Å². The number of hydrogen-bond acceptors (Lipinski definition) is 6. The highest BCUT2D eigenvalue weighted by Crippen LogP contribution is 2.33. The number of piperidine rings is 1. The summed E-state index contributed by atoms with van der Waals surface area (Å²) in [5.41, 5.74) is -0.0262. The van der Waals surface area contributed by atoms with Crippen LogP contribution < -0.4 is 10.2 Å². The van der Waals surface area contributed by atoms with Gasteiger partial charge in [-0.25, -0.2) is 0 Å². The summed E-state index contributed by atoms with van der Waals surface area (Å²) in [4.78, 5) is 22.8. The second-order valence-electron chi connectivity index (χ2n) is 4.97. The van der Waals surface area contributed by atoms with Gasteiger partial charge in [0.1, 0.15) is 5.69 Å². The van der Waals surface area contributed by atoms with Crippen LogP contribution in [0, 0.1) is 20.2 Å². The molecule has 1 saturated heterocycles. The van der Waals surface area contributed by atoms with E-state index < -0.39 is 9.85 Å². The number of nitrogens with one attached hydrogen (secondary N) is 1. The Bertz CT molecular complexity index is 543. The molecule has 0 bridgehead atoms.